The van der Waals surface area contributed by atoms with Crippen molar-refractivity contribution in [2.24, 2.45) is 5.92 Å². The smallest absolute Gasteiger partial charge is 0.220 e. The highest BCUT2D eigenvalue weighted by molar-refractivity contribution is 5.75. The van der Waals surface area contributed by atoms with Gasteiger partial charge in [-0.3, -0.25) is 4.79 Å². The van der Waals surface area contributed by atoms with E-state index in [0.29, 0.717) is 12.8 Å². The van der Waals surface area contributed by atoms with Crippen molar-refractivity contribution in [2.45, 2.75) is 64.2 Å². The molecule has 3 nitrogen and oxygen atoms in total. The molecule has 0 aromatic rings. The van der Waals surface area contributed by atoms with Crippen molar-refractivity contribution >= 4 is 5.91 Å². The van der Waals surface area contributed by atoms with Crippen LogP contribution in [-0.2, 0) is 4.79 Å². The monoisotopic (exact) mass is 236 g/mol. The lowest BCUT2D eigenvalue weighted by Gasteiger charge is -2.20. The number of rotatable bonds is 7. The van der Waals surface area contributed by atoms with E-state index in [1.807, 2.05) is 0 Å². The molecule has 3 heteroatoms. The predicted octanol–water partition coefficient (Wildman–Crippen LogP) is 3.16. The SMILES string of the molecule is N#CCCCCNC(=O)CCC1CCCCC1. The Bertz CT molecular complexity index is 251. The fourth-order valence-corrected chi connectivity index (χ4v) is 2.46. The fourth-order valence-electron chi connectivity index (χ4n) is 2.46. The standard InChI is InChI=1S/C14H24N2O/c15-11-5-2-6-12-16-14(17)10-9-13-7-3-1-4-8-13/h13H,1-10,12H2,(H,16,17). The van der Waals surface area contributed by atoms with Gasteiger partial charge in [0, 0.05) is 19.4 Å². The molecule has 1 aliphatic rings. The first kappa shape index (κ1) is 14.0. The average molecular weight is 236 g/mol. The molecule has 0 aliphatic heterocycles. The minimum absolute atomic E-state index is 0.188. The van der Waals surface area contributed by atoms with E-state index < -0.39 is 0 Å². The van der Waals surface area contributed by atoms with E-state index in [2.05, 4.69) is 11.4 Å². The largest absolute Gasteiger partial charge is 0.356 e. The Kier molecular flexibility index (Phi) is 7.46. The minimum Gasteiger partial charge on any atom is -0.356 e. The van der Waals surface area contributed by atoms with E-state index in [9.17, 15) is 4.79 Å². The van der Waals surface area contributed by atoms with Crippen LogP contribution in [0.15, 0.2) is 0 Å². The van der Waals surface area contributed by atoms with E-state index in [1.165, 1.54) is 32.1 Å². The Labute approximate surface area is 105 Å². The molecule has 0 unspecified atom stereocenters. The molecule has 1 aliphatic carbocycles. The maximum absolute atomic E-state index is 11.5. The maximum atomic E-state index is 11.5. The normalized spacial score (nSPS) is 16.4. The molecule has 1 amide bonds. The summed E-state index contributed by atoms with van der Waals surface area (Å²) in [4.78, 5) is 11.5. The van der Waals surface area contributed by atoms with E-state index in [0.717, 1.165) is 31.7 Å². The molecule has 1 fully saturated rings. The van der Waals surface area contributed by atoms with Crippen LogP contribution < -0.4 is 5.32 Å². The van der Waals surface area contributed by atoms with Gasteiger partial charge in [0.1, 0.15) is 0 Å². The lowest BCUT2D eigenvalue weighted by molar-refractivity contribution is -0.121. The van der Waals surface area contributed by atoms with Gasteiger partial charge < -0.3 is 5.32 Å². The number of nitrogens with one attached hydrogen (secondary N) is 1. The lowest BCUT2D eigenvalue weighted by Crippen LogP contribution is -2.25. The van der Waals surface area contributed by atoms with Gasteiger partial charge in [0.05, 0.1) is 6.07 Å². The van der Waals surface area contributed by atoms with E-state index in [-0.39, 0.29) is 5.91 Å². The van der Waals surface area contributed by atoms with E-state index in [4.69, 9.17) is 5.26 Å². The minimum atomic E-state index is 0.188. The molecule has 96 valence electrons. The summed E-state index contributed by atoms with van der Waals surface area (Å²) in [7, 11) is 0. The first-order valence-corrected chi connectivity index (χ1v) is 6.96. The molecule has 0 bridgehead atoms. The Morgan fingerprint density at radius 2 is 2.00 bits per heavy atom. The van der Waals surface area contributed by atoms with Crippen LogP contribution in [-0.4, -0.2) is 12.5 Å². The Hall–Kier alpha value is -1.04. The molecule has 0 saturated heterocycles. The zero-order valence-corrected chi connectivity index (χ0v) is 10.7. The molecular formula is C14H24N2O. The van der Waals surface area contributed by atoms with Gasteiger partial charge in [-0.2, -0.15) is 5.26 Å². The zero-order valence-electron chi connectivity index (χ0n) is 10.7. The molecule has 0 radical (unpaired) electrons. The lowest BCUT2D eigenvalue weighted by atomic mass is 9.86. The summed E-state index contributed by atoms with van der Waals surface area (Å²) >= 11 is 0. The number of nitriles is 1. The summed E-state index contributed by atoms with van der Waals surface area (Å²) in [6.07, 6.45) is 10.8. The second-order valence-corrected chi connectivity index (χ2v) is 5.01. The van der Waals surface area contributed by atoms with Gasteiger partial charge in [-0.15, -0.1) is 0 Å². The molecule has 1 N–H and O–H groups in total. The number of hydrogen-bond donors (Lipinski definition) is 1. The van der Waals surface area contributed by atoms with Gasteiger partial charge in [0.2, 0.25) is 5.91 Å². The topological polar surface area (TPSA) is 52.9 Å². The highest BCUT2D eigenvalue weighted by atomic mass is 16.1. The van der Waals surface area contributed by atoms with Gasteiger partial charge in [0.25, 0.3) is 0 Å². The van der Waals surface area contributed by atoms with E-state index in [1.54, 1.807) is 0 Å². The summed E-state index contributed by atoms with van der Waals surface area (Å²) in [5.74, 6) is 0.973. The second-order valence-electron chi connectivity index (χ2n) is 5.01. The molecule has 0 spiro atoms. The molecule has 0 heterocycles. The third kappa shape index (κ3) is 6.99. The van der Waals surface area contributed by atoms with Crippen LogP contribution in [0.4, 0.5) is 0 Å². The fraction of sp³-hybridized carbons (Fsp3) is 0.857. The highest BCUT2D eigenvalue weighted by Gasteiger charge is 2.14. The summed E-state index contributed by atoms with van der Waals surface area (Å²) in [6.45, 7) is 0.727. The molecule has 0 aromatic heterocycles. The third-order valence-electron chi connectivity index (χ3n) is 3.54. The van der Waals surface area contributed by atoms with Crippen LogP contribution in [0.2, 0.25) is 0 Å². The molecule has 1 rings (SSSR count). The van der Waals surface area contributed by atoms with Crippen molar-refractivity contribution in [3.05, 3.63) is 0 Å². The van der Waals surface area contributed by atoms with Crippen molar-refractivity contribution in [3.63, 3.8) is 0 Å². The second kappa shape index (κ2) is 9.04. The number of carbonyl (C=O) groups excluding carboxylic acids is 1. The van der Waals surface area contributed by atoms with Crippen LogP contribution in [0, 0.1) is 17.2 Å². The van der Waals surface area contributed by atoms with E-state index >= 15 is 0 Å². The van der Waals surface area contributed by atoms with Crippen LogP contribution >= 0.6 is 0 Å². The van der Waals surface area contributed by atoms with Crippen molar-refractivity contribution in [2.75, 3.05) is 6.54 Å². The molecule has 0 aromatic carbocycles. The number of unbranched alkanes of at least 4 members (excludes halogenated alkanes) is 2. The van der Waals surface area contributed by atoms with Crippen LogP contribution in [0.5, 0.6) is 0 Å². The van der Waals surface area contributed by atoms with Crippen molar-refractivity contribution in [3.8, 4) is 6.07 Å². The Balaban J connectivity index is 1.95. The summed E-state index contributed by atoms with van der Waals surface area (Å²) in [6, 6.07) is 2.11. The molecule has 1 saturated carbocycles. The first-order chi connectivity index (χ1) is 8.33. The van der Waals surface area contributed by atoms with Crippen molar-refractivity contribution in [1.29, 1.82) is 5.26 Å². The summed E-state index contributed by atoms with van der Waals surface area (Å²) in [5, 5.41) is 11.3. The average Bonchev–Trinajstić information content (AvgIpc) is 2.37. The molecule has 17 heavy (non-hydrogen) atoms. The van der Waals surface area contributed by atoms with Crippen molar-refractivity contribution < 1.29 is 4.79 Å². The first-order valence-electron chi connectivity index (χ1n) is 6.96. The maximum Gasteiger partial charge on any atom is 0.220 e. The van der Waals surface area contributed by atoms with Gasteiger partial charge in [-0.25, -0.2) is 0 Å². The quantitative estimate of drug-likeness (QED) is 0.690. The van der Waals surface area contributed by atoms with Gasteiger partial charge >= 0.3 is 0 Å². The van der Waals surface area contributed by atoms with Gasteiger partial charge in [0.15, 0.2) is 0 Å². The zero-order chi connectivity index (χ0) is 12.3. The summed E-state index contributed by atoms with van der Waals surface area (Å²) < 4.78 is 0. The number of amides is 1. The molecule has 0 atom stereocenters. The van der Waals surface area contributed by atoms with Crippen LogP contribution in [0.25, 0.3) is 0 Å². The van der Waals surface area contributed by atoms with Crippen LogP contribution in [0.1, 0.15) is 64.2 Å². The predicted molar refractivity (Wildman–Crippen MR) is 68.3 cm³/mol. The third-order valence-corrected chi connectivity index (χ3v) is 3.54. The Morgan fingerprint density at radius 3 is 2.71 bits per heavy atom. The van der Waals surface area contributed by atoms with Crippen LogP contribution in [0.3, 0.4) is 0 Å². The number of hydrogen-bond acceptors (Lipinski definition) is 2. The number of nitrogens with zero attached hydrogens (tertiary/aromatic N) is 1. The van der Waals surface area contributed by atoms with Gasteiger partial charge in [-0.1, -0.05) is 32.1 Å². The molecular weight excluding hydrogens is 212 g/mol. The number of carbonyl (C=O) groups is 1. The summed E-state index contributed by atoms with van der Waals surface area (Å²) in [5.41, 5.74) is 0. The van der Waals surface area contributed by atoms with Gasteiger partial charge in [-0.05, 0) is 25.2 Å². The highest BCUT2D eigenvalue weighted by Crippen LogP contribution is 2.27. The Morgan fingerprint density at radius 1 is 1.24 bits per heavy atom. The van der Waals surface area contributed by atoms with Crippen molar-refractivity contribution in [1.82, 2.24) is 5.32 Å².